The van der Waals surface area contributed by atoms with Crippen LogP contribution in [-0.4, -0.2) is 0 Å². The van der Waals surface area contributed by atoms with Gasteiger partial charge in [-0.3, -0.25) is 0 Å². The van der Waals surface area contributed by atoms with Crippen LogP contribution in [0.2, 0.25) is 5.02 Å². The fourth-order valence-corrected chi connectivity index (χ4v) is 2.43. The van der Waals surface area contributed by atoms with Crippen molar-refractivity contribution in [1.29, 1.82) is 0 Å². The summed E-state index contributed by atoms with van der Waals surface area (Å²) in [5.74, 6) is 0. The lowest BCUT2D eigenvalue weighted by molar-refractivity contribution is 0.346. The maximum absolute atomic E-state index is 6.46. The SMILES string of the molecule is CCC(C)(C)Cc1ccc(CC(C)(C)CC)c(Cl)c1. The maximum Gasteiger partial charge on any atom is 0.0440 e. The Morgan fingerprint density at radius 3 is 1.89 bits per heavy atom. The Labute approximate surface area is 124 Å². The molecule has 19 heavy (non-hydrogen) atoms. The van der Waals surface area contributed by atoms with Gasteiger partial charge >= 0.3 is 0 Å². The van der Waals surface area contributed by atoms with Crippen molar-refractivity contribution >= 4 is 11.6 Å². The zero-order valence-electron chi connectivity index (χ0n) is 13.4. The average Bonchev–Trinajstić information content (AvgIpc) is 2.32. The maximum atomic E-state index is 6.46. The highest BCUT2D eigenvalue weighted by atomic mass is 35.5. The highest BCUT2D eigenvalue weighted by Crippen LogP contribution is 2.31. The zero-order chi connectivity index (χ0) is 14.7. The Balaban J connectivity index is 2.86. The number of benzene rings is 1. The molecule has 0 saturated heterocycles. The Morgan fingerprint density at radius 1 is 0.895 bits per heavy atom. The normalized spacial score (nSPS) is 12.8. The Hall–Kier alpha value is -0.490. The highest BCUT2D eigenvalue weighted by Gasteiger charge is 2.19. The molecule has 1 heteroatoms. The topological polar surface area (TPSA) is 0 Å². The fourth-order valence-electron chi connectivity index (χ4n) is 2.16. The van der Waals surface area contributed by atoms with E-state index in [0.29, 0.717) is 10.8 Å². The third-order valence-corrected chi connectivity index (χ3v) is 4.74. The van der Waals surface area contributed by atoms with Crippen molar-refractivity contribution in [3.8, 4) is 0 Å². The molecular formula is C18H29Cl. The molecule has 0 aliphatic heterocycles. The average molecular weight is 281 g/mol. The van der Waals surface area contributed by atoms with Crippen LogP contribution in [0.4, 0.5) is 0 Å². The van der Waals surface area contributed by atoms with Crippen LogP contribution in [0.1, 0.15) is 65.5 Å². The molecule has 1 aromatic carbocycles. The van der Waals surface area contributed by atoms with Crippen LogP contribution in [-0.2, 0) is 12.8 Å². The van der Waals surface area contributed by atoms with Gasteiger partial charge in [0.15, 0.2) is 0 Å². The molecule has 0 nitrogen and oxygen atoms in total. The molecule has 0 saturated carbocycles. The van der Waals surface area contributed by atoms with E-state index in [1.54, 1.807) is 0 Å². The van der Waals surface area contributed by atoms with Gasteiger partial charge in [0.2, 0.25) is 0 Å². The molecule has 0 amide bonds. The van der Waals surface area contributed by atoms with E-state index < -0.39 is 0 Å². The van der Waals surface area contributed by atoms with Gasteiger partial charge in [0, 0.05) is 5.02 Å². The Bertz CT molecular complexity index is 416. The summed E-state index contributed by atoms with van der Waals surface area (Å²) >= 11 is 6.46. The number of hydrogen-bond acceptors (Lipinski definition) is 0. The Morgan fingerprint density at radius 2 is 1.42 bits per heavy atom. The molecule has 0 fully saturated rings. The molecule has 0 bridgehead atoms. The van der Waals surface area contributed by atoms with E-state index in [0.717, 1.165) is 17.9 Å². The minimum atomic E-state index is 0.327. The molecule has 0 atom stereocenters. The molecule has 0 aliphatic carbocycles. The summed E-state index contributed by atoms with van der Waals surface area (Å²) in [6.07, 6.45) is 4.52. The fraction of sp³-hybridized carbons (Fsp3) is 0.667. The second-order valence-electron chi connectivity index (χ2n) is 7.31. The van der Waals surface area contributed by atoms with Crippen LogP contribution >= 0.6 is 11.6 Å². The van der Waals surface area contributed by atoms with Crippen molar-refractivity contribution in [1.82, 2.24) is 0 Å². The first kappa shape index (κ1) is 16.6. The standard InChI is InChI=1S/C18H29Cl/c1-7-17(3,4)12-14-9-10-15(16(19)11-14)13-18(5,6)8-2/h9-11H,7-8,12-13H2,1-6H3. The van der Waals surface area contributed by atoms with Gasteiger partial charge in [-0.05, 0) is 40.9 Å². The number of hydrogen-bond donors (Lipinski definition) is 0. The van der Waals surface area contributed by atoms with Crippen LogP contribution in [0, 0.1) is 10.8 Å². The van der Waals surface area contributed by atoms with Gasteiger partial charge in [0.05, 0.1) is 0 Å². The third kappa shape index (κ3) is 5.18. The molecule has 0 aromatic heterocycles. The molecule has 0 N–H and O–H groups in total. The predicted octanol–water partition coefficient (Wildman–Crippen LogP) is 6.30. The van der Waals surface area contributed by atoms with Crippen LogP contribution in [0.15, 0.2) is 18.2 Å². The molecule has 0 heterocycles. The van der Waals surface area contributed by atoms with Gasteiger partial charge in [0.1, 0.15) is 0 Å². The quantitative estimate of drug-likeness (QED) is 0.574. The van der Waals surface area contributed by atoms with Gasteiger partial charge in [0.25, 0.3) is 0 Å². The van der Waals surface area contributed by atoms with Crippen molar-refractivity contribution in [3.63, 3.8) is 0 Å². The zero-order valence-corrected chi connectivity index (χ0v) is 14.2. The minimum Gasteiger partial charge on any atom is -0.0840 e. The van der Waals surface area contributed by atoms with Crippen molar-refractivity contribution < 1.29 is 0 Å². The lowest BCUT2D eigenvalue weighted by Gasteiger charge is -2.25. The van der Waals surface area contributed by atoms with Crippen LogP contribution < -0.4 is 0 Å². The first-order valence-electron chi connectivity index (χ1n) is 7.46. The van der Waals surface area contributed by atoms with Crippen LogP contribution in [0.25, 0.3) is 0 Å². The van der Waals surface area contributed by atoms with Gasteiger partial charge in [-0.25, -0.2) is 0 Å². The first-order valence-corrected chi connectivity index (χ1v) is 7.84. The predicted molar refractivity (Wildman–Crippen MR) is 87.0 cm³/mol. The summed E-state index contributed by atoms with van der Waals surface area (Å²) < 4.78 is 0. The number of rotatable bonds is 6. The van der Waals surface area contributed by atoms with E-state index >= 15 is 0 Å². The van der Waals surface area contributed by atoms with Crippen molar-refractivity contribution in [3.05, 3.63) is 34.3 Å². The van der Waals surface area contributed by atoms with E-state index in [1.807, 2.05) is 0 Å². The third-order valence-electron chi connectivity index (χ3n) is 4.38. The van der Waals surface area contributed by atoms with Crippen LogP contribution in [0.5, 0.6) is 0 Å². The van der Waals surface area contributed by atoms with E-state index in [1.165, 1.54) is 24.0 Å². The molecule has 0 aliphatic rings. The molecule has 0 unspecified atom stereocenters. The minimum absolute atomic E-state index is 0.327. The largest absolute Gasteiger partial charge is 0.0840 e. The van der Waals surface area contributed by atoms with E-state index in [2.05, 4.69) is 59.7 Å². The van der Waals surface area contributed by atoms with Crippen molar-refractivity contribution in [2.45, 2.75) is 67.2 Å². The van der Waals surface area contributed by atoms with Gasteiger partial charge in [-0.1, -0.05) is 78.1 Å². The van der Waals surface area contributed by atoms with Gasteiger partial charge in [-0.15, -0.1) is 0 Å². The van der Waals surface area contributed by atoms with E-state index in [-0.39, 0.29) is 0 Å². The molecule has 0 radical (unpaired) electrons. The summed E-state index contributed by atoms with van der Waals surface area (Å²) in [6, 6.07) is 6.64. The molecule has 108 valence electrons. The smallest absolute Gasteiger partial charge is 0.0440 e. The summed E-state index contributed by atoms with van der Waals surface area (Å²) in [4.78, 5) is 0. The lowest BCUT2D eigenvalue weighted by Crippen LogP contribution is -2.15. The van der Waals surface area contributed by atoms with Gasteiger partial charge in [-0.2, -0.15) is 0 Å². The highest BCUT2D eigenvalue weighted by molar-refractivity contribution is 6.31. The van der Waals surface area contributed by atoms with E-state index in [4.69, 9.17) is 11.6 Å². The summed E-state index contributed by atoms with van der Waals surface area (Å²) in [5, 5.41) is 0.936. The molecule has 1 rings (SSSR count). The molecular weight excluding hydrogens is 252 g/mol. The molecule has 0 spiro atoms. The van der Waals surface area contributed by atoms with Crippen molar-refractivity contribution in [2.75, 3.05) is 0 Å². The molecule has 1 aromatic rings. The Kier molecular flexibility index (Phi) is 5.50. The second kappa shape index (κ2) is 6.31. The van der Waals surface area contributed by atoms with Gasteiger partial charge < -0.3 is 0 Å². The second-order valence-corrected chi connectivity index (χ2v) is 7.72. The van der Waals surface area contributed by atoms with Crippen molar-refractivity contribution in [2.24, 2.45) is 10.8 Å². The number of halogens is 1. The van der Waals surface area contributed by atoms with Crippen LogP contribution in [0.3, 0.4) is 0 Å². The monoisotopic (exact) mass is 280 g/mol. The lowest BCUT2D eigenvalue weighted by atomic mass is 9.81. The summed E-state index contributed by atoms with van der Waals surface area (Å²) in [6.45, 7) is 13.7. The van der Waals surface area contributed by atoms with E-state index in [9.17, 15) is 0 Å². The summed E-state index contributed by atoms with van der Waals surface area (Å²) in [7, 11) is 0. The summed E-state index contributed by atoms with van der Waals surface area (Å²) in [5.41, 5.74) is 3.32. The first-order chi connectivity index (χ1) is 8.69.